The van der Waals surface area contributed by atoms with E-state index in [-0.39, 0.29) is 12.5 Å². The van der Waals surface area contributed by atoms with Crippen molar-refractivity contribution in [3.8, 4) is 5.75 Å². The zero-order valence-electron chi connectivity index (χ0n) is 12.8. The van der Waals surface area contributed by atoms with Crippen molar-refractivity contribution in [2.45, 2.75) is 25.7 Å². The van der Waals surface area contributed by atoms with Gasteiger partial charge in [0.1, 0.15) is 24.6 Å². The zero-order valence-corrected chi connectivity index (χ0v) is 12.8. The van der Waals surface area contributed by atoms with Gasteiger partial charge in [-0.1, -0.05) is 30.3 Å². The third-order valence-electron chi connectivity index (χ3n) is 3.25. The van der Waals surface area contributed by atoms with E-state index in [1.54, 1.807) is 12.3 Å². The molecule has 3 N–H and O–H groups in total. The maximum Gasteiger partial charge on any atom is 0.216 e. The van der Waals surface area contributed by atoms with Crippen molar-refractivity contribution in [3.05, 3.63) is 59.9 Å². The normalized spacial score (nSPS) is 13.2. The Morgan fingerprint density at radius 2 is 2.00 bits per heavy atom. The molecule has 2 aromatic rings. The number of rotatable bonds is 7. The lowest BCUT2D eigenvalue weighted by molar-refractivity contribution is -0.119. The fraction of sp³-hybridized carbons (Fsp3) is 0.294. The van der Waals surface area contributed by atoms with Crippen molar-refractivity contribution in [1.29, 1.82) is 0 Å². The zero-order chi connectivity index (χ0) is 16.7. The number of hydrogen-bond acceptors (Lipinski definition) is 5. The summed E-state index contributed by atoms with van der Waals surface area (Å²) >= 11 is 0. The van der Waals surface area contributed by atoms with Crippen LogP contribution in [0.3, 0.4) is 0 Å². The Labute approximate surface area is 134 Å². The summed E-state index contributed by atoms with van der Waals surface area (Å²) in [5.41, 5.74) is 1.44. The van der Waals surface area contributed by atoms with Gasteiger partial charge in [-0.25, -0.2) is 0 Å². The minimum Gasteiger partial charge on any atom is -0.487 e. The molecule has 0 fully saturated rings. The average Bonchev–Trinajstić information content (AvgIpc) is 2.58. The van der Waals surface area contributed by atoms with E-state index in [2.05, 4.69) is 10.3 Å². The summed E-state index contributed by atoms with van der Waals surface area (Å²) in [7, 11) is 0. The van der Waals surface area contributed by atoms with Crippen LogP contribution in [-0.2, 0) is 11.4 Å². The molecule has 1 aromatic heterocycles. The third kappa shape index (κ3) is 5.36. The molecule has 0 saturated heterocycles. The third-order valence-corrected chi connectivity index (χ3v) is 3.25. The number of nitrogens with one attached hydrogen (secondary N) is 1. The van der Waals surface area contributed by atoms with Crippen LogP contribution in [0.1, 0.15) is 24.2 Å². The Hall–Kier alpha value is -2.44. The Kier molecular flexibility index (Phi) is 6.08. The van der Waals surface area contributed by atoms with E-state index in [0.29, 0.717) is 17.9 Å². The van der Waals surface area contributed by atoms with Crippen molar-refractivity contribution in [2.75, 3.05) is 6.54 Å². The van der Waals surface area contributed by atoms with Gasteiger partial charge in [-0.05, 0) is 11.6 Å². The lowest BCUT2D eigenvalue weighted by atomic mass is 10.1. The van der Waals surface area contributed by atoms with E-state index in [0.717, 1.165) is 5.56 Å². The highest BCUT2D eigenvalue weighted by molar-refractivity contribution is 5.72. The van der Waals surface area contributed by atoms with Gasteiger partial charge in [0.25, 0.3) is 0 Å². The molecule has 2 unspecified atom stereocenters. The maximum atomic E-state index is 10.8. The molecule has 1 amide bonds. The van der Waals surface area contributed by atoms with E-state index >= 15 is 0 Å². The number of aromatic nitrogens is 1. The number of hydrogen-bond donors (Lipinski definition) is 3. The molecular formula is C17H20N2O4. The highest BCUT2D eigenvalue weighted by Crippen LogP contribution is 2.21. The molecule has 0 spiro atoms. The van der Waals surface area contributed by atoms with Gasteiger partial charge in [0.05, 0.1) is 6.20 Å². The number of amides is 1. The van der Waals surface area contributed by atoms with Crippen molar-refractivity contribution in [1.82, 2.24) is 10.3 Å². The summed E-state index contributed by atoms with van der Waals surface area (Å²) in [6.45, 7) is 1.70. The van der Waals surface area contributed by atoms with Crippen LogP contribution < -0.4 is 10.1 Å². The molecule has 0 saturated carbocycles. The van der Waals surface area contributed by atoms with Crippen LogP contribution in [0.15, 0.2) is 48.8 Å². The quantitative estimate of drug-likeness (QED) is 0.714. The molecular weight excluding hydrogens is 296 g/mol. The van der Waals surface area contributed by atoms with Crippen LogP contribution >= 0.6 is 0 Å². The highest BCUT2D eigenvalue weighted by Gasteiger charge is 2.19. The van der Waals surface area contributed by atoms with Gasteiger partial charge in [-0.3, -0.25) is 9.78 Å². The molecule has 0 aliphatic heterocycles. The molecule has 1 heterocycles. The van der Waals surface area contributed by atoms with E-state index in [1.165, 1.54) is 13.1 Å². The number of carbonyl (C=O) groups is 1. The van der Waals surface area contributed by atoms with Crippen LogP contribution in [0.5, 0.6) is 5.75 Å². The molecule has 6 heteroatoms. The van der Waals surface area contributed by atoms with E-state index < -0.39 is 12.2 Å². The molecule has 6 nitrogen and oxygen atoms in total. The molecule has 0 radical (unpaired) electrons. The molecule has 1 aromatic carbocycles. The Bertz CT molecular complexity index is 634. The summed E-state index contributed by atoms with van der Waals surface area (Å²) < 4.78 is 5.64. The van der Waals surface area contributed by atoms with Crippen LogP contribution in [-0.4, -0.2) is 33.8 Å². The number of benzene rings is 1. The van der Waals surface area contributed by atoms with Crippen LogP contribution in [0, 0.1) is 0 Å². The van der Waals surface area contributed by atoms with Gasteiger partial charge >= 0.3 is 0 Å². The van der Waals surface area contributed by atoms with Gasteiger partial charge in [-0.2, -0.15) is 0 Å². The number of nitrogens with zero attached hydrogens (tertiary/aromatic N) is 1. The largest absolute Gasteiger partial charge is 0.487 e. The monoisotopic (exact) mass is 316 g/mol. The van der Waals surface area contributed by atoms with Gasteiger partial charge in [0.2, 0.25) is 5.91 Å². The Morgan fingerprint density at radius 3 is 2.70 bits per heavy atom. The van der Waals surface area contributed by atoms with Crippen LogP contribution in [0.2, 0.25) is 0 Å². The summed E-state index contributed by atoms with van der Waals surface area (Å²) in [6.07, 6.45) is 0.718. The van der Waals surface area contributed by atoms with Crippen molar-refractivity contribution < 1.29 is 19.7 Å². The molecule has 23 heavy (non-hydrogen) atoms. The lowest BCUT2D eigenvalue weighted by Crippen LogP contribution is -2.34. The standard InChI is InChI=1S/C17H20N2O4/c1-12(20)19-10-16(21)17(22)14-7-15(9-18-8-14)23-11-13-5-3-2-4-6-13/h2-9,16-17,21-22H,10-11H2,1H3,(H,19,20). The van der Waals surface area contributed by atoms with Gasteiger partial charge < -0.3 is 20.3 Å². The highest BCUT2D eigenvalue weighted by atomic mass is 16.5. The number of pyridine rings is 1. The molecule has 0 aliphatic carbocycles. The molecule has 0 aliphatic rings. The van der Waals surface area contributed by atoms with Gasteiger partial charge in [0, 0.05) is 25.2 Å². The second kappa shape index (κ2) is 8.26. The molecule has 0 bridgehead atoms. The smallest absolute Gasteiger partial charge is 0.216 e. The fourth-order valence-electron chi connectivity index (χ4n) is 2.00. The topological polar surface area (TPSA) is 91.7 Å². The van der Waals surface area contributed by atoms with Crippen molar-refractivity contribution in [2.24, 2.45) is 0 Å². The first-order valence-corrected chi connectivity index (χ1v) is 7.28. The predicted octanol–water partition coefficient (Wildman–Crippen LogP) is 1.19. The van der Waals surface area contributed by atoms with Crippen LogP contribution in [0.4, 0.5) is 0 Å². The molecule has 2 rings (SSSR count). The number of aliphatic hydroxyl groups excluding tert-OH is 2. The Morgan fingerprint density at radius 1 is 1.26 bits per heavy atom. The maximum absolute atomic E-state index is 10.8. The van der Waals surface area contributed by atoms with E-state index in [9.17, 15) is 15.0 Å². The lowest BCUT2D eigenvalue weighted by Gasteiger charge is -2.18. The number of aliphatic hydroxyl groups is 2. The number of ether oxygens (including phenoxy) is 1. The minimum atomic E-state index is -1.16. The fourth-order valence-corrected chi connectivity index (χ4v) is 2.00. The van der Waals surface area contributed by atoms with E-state index in [4.69, 9.17) is 4.74 Å². The first-order valence-electron chi connectivity index (χ1n) is 7.28. The summed E-state index contributed by atoms with van der Waals surface area (Å²) in [5.74, 6) is 0.228. The predicted molar refractivity (Wildman–Crippen MR) is 84.7 cm³/mol. The SMILES string of the molecule is CC(=O)NCC(O)C(O)c1cncc(OCc2ccccc2)c1. The van der Waals surface area contributed by atoms with Crippen LogP contribution in [0.25, 0.3) is 0 Å². The first kappa shape index (κ1) is 16.9. The average molecular weight is 316 g/mol. The second-order valence-electron chi connectivity index (χ2n) is 5.18. The Balaban J connectivity index is 1.97. The minimum absolute atomic E-state index is 0.0361. The molecule has 122 valence electrons. The van der Waals surface area contributed by atoms with E-state index in [1.807, 2.05) is 30.3 Å². The van der Waals surface area contributed by atoms with Gasteiger partial charge in [-0.15, -0.1) is 0 Å². The van der Waals surface area contributed by atoms with Crippen molar-refractivity contribution >= 4 is 5.91 Å². The second-order valence-corrected chi connectivity index (χ2v) is 5.18. The summed E-state index contributed by atoms with van der Waals surface area (Å²) in [6, 6.07) is 11.3. The summed E-state index contributed by atoms with van der Waals surface area (Å²) in [4.78, 5) is 14.9. The van der Waals surface area contributed by atoms with Gasteiger partial charge in [0.15, 0.2) is 0 Å². The molecule has 2 atom stereocenters. The first-order chi connectivity index (χ1) is 11.1. The van der Waals surface area contributed by atoms with Crippen molar-refractivity contribution in [3.63, 3.8) is 0 Å². The summed E-state index contributed by atoms with van der Waals surface area (Å²) in [5, 5.41) is 22.5. The number of carbonyl (C=O) groups excluding carboxylic acids is 1.